The van der Waals surface area contributed by atoms with E-state index < -0.39 is 0 Å². The molecule has 0 bridgehead atoms. The molecule has 3 rings (SSSR count). The topological polar surface area (TPSA) is 67.2 Å². The van der Waals surface area contributed by atoms with Gasteiger partial charge in [0.15, 0.2) is 0 Å². The van der Waals surface area contributed by atoms with Crippen LogP contribution in [0.2, 0.25) is 0 Å². The molecular formula is C22H32N5O2+. The summed E-state index contributed by atoms with van der Waals surface area (Å²) in [6, 6.07) is 7.12. The van der Waals surface area contributed by atoms with Gasteiger partial charge in [0.05, 0.1) is 46.0 Å². The maximum atomic E-state index is 12.7. The van der Waals surface area contributed by atoms with Crippen molar-refractivity contribution in [3.05, 3.63) is 47.3 Å². The molecule has 1 aliphatic rings. The van der Waals surface area contributed by atoms with E-state index >= 15 is 0 Å². The van der Waals surface area contributed by atoms with E-state index in [0.29, 0.717) is 17.2 Å². The molecule has 0 saturated carbocycles. The monoisotopic (exact) mass is 398 g/mol. The molecule has 2 amide bonds. The third-order valence-electron chi connectivity index (χ3n) is 5.57. The third kappa shape index (κ3) is 5.23. The van der Waals surface area contributed by atoms with Crippen LogP contribution in [0.15, 0.2) is 30.5 Å². The number of hydrogen-bond acceptors (Lipinski definition) is 3. The Balaban J connectivity index is 1.57. The SMILES string of the molecule is Cc1nn(CC(=O)Nc2ccc(C(=O)N3CC[N+](C)(C)CC3)cc2)cc1C(C)C. The van der Waals surface area contributed by atoms with Crippen molar-refractivity contribution in [2.24, 2.45) is 0 Å². The van der Waals surface area contributed by atoms with Crippen LogP contribution in [-0.4, -0.2) is 71.3 Å². The Hall–Kier alpha value is -2.67. The number of benzene rings is 1. The van der Waals surface area contributed by atoms with Crippen molar-refractivity contribution in [3.63, 3.8) is 0 Å². The van der Waals surface area contributed by atoms with E-state index in [-0.39, 0.29) is 18.4 Å². The van der Waals surface area contributed by atoms with Crippen molar-refractivity contribution in [3.8, 4) is 0 Å². The van der Waals surface area contributed by atoms with Crippen LogP contribution < -0.4 is 5.32 Å². The number of quaternary nitrogens is 1. The van der Waals surface area contributed by atoms with E-state index in [2.05, 4.69) is 38.4 Å². The number of aryl methyl sites for hydroxylation is 1. The summed E-state index contributed by atoms with van der Waals surface area (Å²) in [6.07, 6.45) is 1.93. The van der Waals surface area contributed by atoms with Crippen LogP contribution in [-0.2, 0) is 11.3 Å². The van der Waals surface area contributed by atoms with Crippen LogP contribution in [0, 0.1) is 6.92 Å². The van der Waals surface area contributed by atoms with E-state index in [1.165, 1.54) is 0 Å². The highest BCUT2D eigenvalue weighted by atomic mass is 16.2. The van der Waals surface area contributed by atoms with Gasteiger partial charge >= 0.3 is 0 Å². The molecule has 1 saturated heterocycles. The quantitative estimate of drug-likeness (QED) is 0.787. The second-order valence-corrected chi connectivity index (χ2v) is 8.82. The van der Waals surface area contributed by atoms with Gasteiger partial charge in [-0.15, -0.1) is 0 Å². The number of rotatable bonds is 5. The largest absolute Gasteiger partial charge is 0.327 e. The van der Waals surface area contributed by atoms with E-state index in [1.807, 2.05) is 18.0 Å². The van der Waals surface area contributed by atoms with Crippen molar-refractivity contribution >= 4 is 17.5 Å². The lowest BCUT2D eigenvalue weighted by atomic mass is 10.1. The fourth-order valence-corrected chi connectivity index (χ4v) is 3.62. The minimum atomic E-state index is -0.141. The summed E-state index contributed by atoms with van der Waals surface area (Å²) in [4.78, 5) is 27.0. The number of aromatic nitrogens is 2. The predicted octanol–water partition coefficient (Wildman–Crippen LogP) is 2.49. The molecule has 1 aliphatic heterocycles. The zero-order chi connectivity index (χ0) is 21.2. The van der Waals surface area contributed by atoms with Gasteiger partial charge in [0.2, 0.25) is 5.91 Å². The van der Waals surface area contributed by atoms with E-state index in [0.717, 1.165) is 41.9 Å². The highest BCUT2D eigenvalue weighted by Crippen LogP contribution is 2.18. The van der Waals surface area contributed by atoms with Gasteiger partial charge in [-0.25, -0.2) is 0 Å². The summed E-state index contributed by atoms with van der Waals surface area (Å²) in [5, 5.41) is 7.29. The number of carbonyl (C=O) groups excluding carboxylic acids is 2. The van der Waals surface area contributed by atoms with Gasteiger partial charge in [-0.3, -0.25) is 14.3 Å². The number of amides is 2. The molecule has 1 aromatic carbocycles. The fraction of sp³-hybridized carbons (Fsp3) is 0.500. The number of anilines is 1. The normalized spacial score (nSPS) is 16.1. The first kappa shape index (κ1) is 21.0. The molecule has 0 spiro atoms. The highest BCUT2D eigenvalue weighted by molar-refractivity contribution is 5.95. The van der Waals surface area contributed by atoms with E-state index in [9.17, 15) is 9.59 Å². The molecule has 7 nitrogen and oxygen atoms in total. The molecular weight excluding hydrogens is 366 g/mol. The van der Waals surface area contributed by atoms with E-state index in [4.69, 9.17) is 0 Å². The average molecular weight is 399 g/mol. The van der Waals surface area contributed by atoms with Gasteiger partial charge in [-0.2, -0.15) is 5.10 Å². The molecule has 0 atom stereocenters. The number of carbonyl (C=O) groups is 2. The van der Waals surface area contributed by atoms with Gasteiger partial charge in [-0.1, -0.05) is 13.8 Å². The van der Waals surface area contributed by atoms with Gasteiger partial charge < -0.3 is 14.7 Å². The third-order valence-corrected chi connectivity index (χ3v) is 5.57. The zero-order valence-electron chi connectivity index (χ0n) is 18.1. The van der Waals surface area contributed by atoms with Crippen molar-refractivity contribution in [2.75, 3.05) is 45.6 Å². The molecule has 2 aromatic rings. The second-order valence-electron chi connectivity index (χ2n) is 8.82. The summed E-state index contributed by atoms with van der Waals surface area (Å²) in [5.74, 6) is 0.288. The molecule has 2 heterocycles. The lowest BCUT2D eigenvalue weighted by molar-refractivity contribution is -0.894. The molecule has 156 valence electrons. The van der Waals surface area contributed by atoms with Crippen LogP contribution in [0.5, 0.6) is 0 Å². The van der Waals surface area contributed by atoms with Crippen LogP contribution in [0.4, 0.5) is 5.69 Å². The van der Waals surface area contributed by atoms with Crippen LogP contribution in [0.1, 0.15) is 41.4 Å². The van der Waals surface area contributed by atoms with Gasteiger partial charge in [0.25, 0.3) is 5.91 Å². The number of likely N-dealkylation sites (N-methyl/N-ethyl adjacent to an activating group) is 1. The highest BCUT2D eigenvalue weighted by Gasteiger charge is 2.27. The summed E-state index contributed by atoms with van der Waals surface area (Å²) < 4.78 is 2.62. The molecule has 1 fully saturated rings. The number of nitrogens with one attached hydrogen (secondary N) is 1. The molecule has 1 aromatic heterocycles. The first-order valence-corrected chi connectivity index (χ1v) is 10.2. The Morgan fingerprint density at radius 3 is 2.31 bits per heavy atom. The van der Waals surface area contributed by atoms with Gasteiger partial charge in [-0.05, 0) is 42.7 Å². The lowest BCUT2D eigenvalue weighted by Crippen LogP contribution is -2.56. The average Bonchev–Trinajstić information content (AvgIpc) is 3.02. The molecule has 0 radical (unpaired) electrons. The van der Waals surface area contributed by atoms with Crippen molar-refractivity contribution in [1.82, 2.24) is 14.7 Å². The Labute approximate surface area is 172 Å². The summed E-state index contributed by atoms with van der Waals surface area (Å²) in [6.45, 7) is 9.81. The first-order valence-electron chi connectivity index (χ1n) is 10.2. The second kappa shape index (κ2) is 8.37. The minimum absolute atomic E-state index is 0.0517. The van der Waals surface area contributed by atoms with Crippen LogP contribution >= 0.6 is 0 Å². The standard InChI is InChI=1S/C22H31N5O2/c1-16(2)20-14-26(24-17(20)3)15-21(28)23-19-8-6-18(7-9-19)22(29)25-10-12-27(4,5)13-11-25/h6-9,14,16H,10-13,15H2,1-5H3/p+1. The maximum absolute atomic E-state index is 12.7. The molecule has 7 heteroatoms. The van der Waals surface area contributed by atoms with Crippen molar-refractivity contribution in [1.29, 1.82) is 0 Å². The summed E-state index contributed by atoms with van der Waals surface area (Å²) >= 11 is 0. The minimum Gasteiger partial charge on any atom is -0.327 e. The van der Waals surface area contributed by atoms with Gasteiger partial charge in [0.1, 0.15) is 6.54 Å². The fourth-order valence-electron chi connectivity index (χ4n) is 3.62. The number of piperazine rings is 1. The van der Waals surface area contributed by atoms with Crippen molar-refractivity contribution < 1.29 is 14.1 Å². The van der Waals surface area contributed by atoms with Gasteiger partial charge in [0, 0.05) is 17.4 Å². The van der Waals surface area contributed by atoms with Crippen LogP contribution in [0.25, 0.3) is 0 Å². The summed E-state index contributed by atoms with van der Waals surface area (Å²) in [7, 11) is 4.38. The molecule has 1 N–H and O–H groups in total. The lowest BCUT2D eigenvalue weighted by Gasteiger charge is -2.39. The molecule has 0 unspecified atom stereocenters. The molecule has 0 aliphatic carbocycles. The Kier molecular flexibility index (Phi) is 6.07. The first-order chi connectivity index (χ1) is 13.6. The number of nitrogens with zero attached hydrogens (tertiary/aromatic N) is 4. The van der Waals surface area contributed by atoms with E-state index in [1.54, 1.807) is 28.9 Å². The predicted molar refractivity (Wildman–Crippen MR) is 114 cm³/mol. The molecule has 29 heavy (non-hydrogen) atoms. The Morgan fingerprint density at radius 1 is 1.14 bits per heavy atom. The zero-order valence-corrected chi connectivity index (χ0v) is 18.1. The summed E-state index contributed by atoms with van der Waals surface area (Å²) in [5.41, 5.74) is 3.44. The van der Waals surface area contributed by atoms with Crippen molar-refractivity contribution in [2.45, 2.75) is 33.2 Å². The maximum Gasteiger partial charge on any atom is 0.254 e. The smallest absolute Gasteiger partial charge is 0.254 e. The van der Waals surface area contributed by atoms with Crippen LogP contribution in [0.3, 0.4) is 0 Å². The Morgan fingerprint density at radius 2 is 1.76 bits per heavy atom. The Bertz CT molecular complexity index is 873. The number of hydrogen-bond donors (Lipinski definition) is 1.